The van der Waals surface area contributed by atoms with Crippen LogP contribution in [0.4, 0.5) is 5.82 Å². The van der Waals surface area contributed by atoms with E-state index in [1.165, 1.54) is 0 Å². The van der Waals surface area contributed by atoms with Gasteiger partial charge in [-0.15, -0.1) is 0 Å². The number of benzene rings is 1. The predicted octanol–water partition coefficient (Wildman–Crippen LogP) is 3.40. The first-order chi connectivity index (χ1) is 7.16. The Hall–Kier alpha value is -1.35. The third-order valence-corrected chi connectivity index (χ3v) is 2.79. The second kappa shape index (κ2) is 4.03. The first-order valence-corrected chi connectivity index (χ1v) is 5.45. The number of halogens is 1. The summed E-state index contributed by atoms with van der Waals surface area (Å²) in [4.78, 5) is 4.24. The molecule has 0 amide bonds. The summed E-state index contributed by atoms with van der Waals surface area (Å²) < 4.78 is 1.08. The summed E-state index contributed by atoms with van der Waals surface area (Å²) in [6, 6.07) is 12.0. The second-order valence-electron chi connectivity index (χ2n) is 3.38. The molecule has 2 rings (SSSR count). The molecule has 76 valence electrons. The maximum absolute atomic E-state index is 5.61. The molecular weight excluding hydrogens is 252 g/mol. The molecule has 0 saturated heterocycles. The predicted molar refractivity (Wildman–Crippen MR) is 66.5 cm³/mol. The Morgan fingerprint density at radius 2 is 1.73 bits per heavy atom. The minimum absolute atomic E-state index is 0.563. The number of aromatic nitrogens is 1. The Balaban J connectivity index is 2.49. The van der Waals surface area contributed by atoms with Crippen molar-refractivity contribution >= 4 is 21.7 Å². The standard InChI is InChI=1S/C12H11BrN2/c1-8-11(6-7-12(14)15-8)9-2-4-10(13)5-3-9/h2-7H,1H3,(H2,14,15). The van der Waals surface area contributed by atoms with Crippen molar-refractivity contribution in [2.24, 2.45) is 0 Å². The van der Waals surface area contributed by atoms with Gasteiger partial charge in [0.1, 0.15) is 5.82 Å². The molecule has 0 spiro atoms. The lowest BCUT2D eigenvalue weighted by Gasteiger charge is -2.05. The van der Waals surface area contributed by atoms with Crippen molar-refractivity contribution in [2.75, 3.05) is 5.73 Å². The van der Waals surface area contributed by atoms with Crippen molar-refractivity contribution in [2.45, 2.75) is 6.92 Å². The van der Waals surface area contributed by atoms with Crippen LogP contribution in [0.3, 0.4) is 0 Å². The van der Waals surface area contributed by atoms with Gasteiger partial charge in [0, 0.05) is 15.7 Å². The van der Waals surface area contributed by atoms with E-state index < -0.39 is 0 Å². The largest absolute Gasteiger partial charge is 0.384 e. The van der Waals surface area contributed by atoms with Crippen LogP contribution in [0.1, 0.15) is 5.69 Å². The number of rotatable bonds is 1. The lowest BCUT2D eigenvalue weighted by atomic mass is 10.0. The molecule has 0 fully saturated rings. The molecule has 15 heavy (non-hydrogen) atoms. The van der Waals surface area contributed by atoms with E-state index in [4.69, 9.17) is 5.73 Å². The molecule has 1 aromatic heterocycles. The average molecular weight is 263 g/mol. The molecule has 0 bridgehead atoms. The highest BCUT2D eigenvalue weighted by Gasteiger charge is 2.02. The zero-order valence-electron chi connectivity index (χ0n) is 8.37. The number of hydrogen-bond donors (Lipinski definition) is 1. The van der Waals surface area contributed by atoms with Crippen molar-refractivity contribution in [1.82, 2.24) is 4.98 Å². The fraction of sp³-hybridized carbons (Fsp3) is 0.0833. The van der Waals surface area contributed by atoms with Crippen LogP contribution < -0.4 is 5.73 Å². The smallest absolute Gasteiger partial charge is 0.123 e. The highest BCUT2D eigenvalue weighted by Crippen LogP contribution is 2.24. The molecule has 0 aliphatic carbocycles. The van der Waals surface area contributed by atoms with Gasteiger partial charge in [0.25, 0.3) is 0 Å². The van der Waals surface area contributed by atoms with Crippen molar-refractivity contribution in [1.29, 1.82) is 0 Å². The molecule has 2 nitrogen and oxygen atoms in total. The number of hydrogen-bond acceptors (Lipinski definition) is 2. The molecule has 0 radical (unpaired) electrons. The Bertz CT molecular complexity index is 477. The van der Waals surface area contributed by atoms with Crippen LogP contribution in [0.25, 0.3) is 11.1 Å². The summed E-state index contributed by atoms with van der Waals surface area (Å²) in [5.74, 6) is 0.563. The molecule has 0 aliphatic heterocycles. The average Bonchev–Trinajstić information content (AvgIpc) is 2.20. The molecule has 1 heterocycles. The van der Waals surface area contributed by atoms with E-state index in [2.05, 4.69) is 33.0 Å². The van der Waals surface area contributed by atoms with Gasteiger partial charge >= 0.3 is 0 Å². The molecule has 3 heteroatoms. The lowest BCUT2D eigenvalue weighted by molar-refractivity contribution is 1.21. The summed E-state index contributed by atoms with van der Waals surface area (Å²) in [7, 11) is 0. The first-order valence-electron chi connectivity index (χ1n) is 4.66. The summed E-state index contributed by atoms with van der Waals surface area (Å²) in [5.41, 5.74) is 8.84. The topological polar surface area (TPSA) is 38.9 Å². The molecule has 0 saturated carbocycles. The number of nitrogens with two attached hydrogens (primary N) is 1. The van der Waals surface area contributed by atoms with Gasteiger partial charge in [0.05, 0.1) is 0 Å². The van der Waals surface area contributed by atoms with E-state index in [1.54, 1.807) is 0 Å². The number of anilines is 1. The number of pyridine rings is 1. The zero-order chi connectivity index (χ0) is 10.8. The van der Waals surface area contributed by atoms with Gasteiger partial charge in [-0.05, 0) is 36.8 Å². The molecule has 0 atom stereocenters. The Morgan fingerprint density at radius 1 is 1.07 bits per heavy atom. The van der Waals surface area contributed by atoms with Crippen molar-refractivity contribution < 1.29 is 0 Å². The van der Waals surface area contributed by atoms with Gasteiger partial charge in [-0.1, -0.05) is 28.1 Å². The Labute approximate surface area is 97.3 Å². The second-order valence-corrected chi connectivity index (χ2v) is 4.29. The van der Waals surface area contributed by atoms with Crippen molar-refractivity contribution in [3.63, 3.8) is 0 Å². The van der Waals surface area contributed by atoms with Crippen LogP contribution >= 0.6 is 15.9 Å². The van der Waals surface area contributed by atoms with E-state index in [0.29, 0.717) is 5.82 Å². The monoisotopic (exact) mass is 262 g/mol. The fourth-order valence-electron chi connectivity index (χ4n) is 1.52. The maximum atomic E-state index is 5.61. The summed E-state index contributed by atoms with van der Waals surface area (Å²) in [6.45, 7) is 1.97. The molecular formula is C12H11BrN2. The minimum atomic E-state index is 0.563. The number of nitrogens with zero attached hydrogens (tertiary/aromatic N) is 1. The van der Waals surface area contributed by atoms with Gasteiger partial charge in [-0.25, -0.2) is 4.98 Å². The summed E-state index contributed by atoms with van der Waals surface area (Å²) in [5, 5.41) is 0. The Morgan fingerprint density at radius 3 is 2.33 bits per heavy atom. The van der Waals surface area contributed by atoms with Crippen molar-refractivity contribution in [3.8, 4) is 11.1 Å². The molecule has 0 unspecified atom stereocenters. The lowest BCUT2D eigenvalue weighted by Crippen LogP contribution is -1.93. The summed E-state index contributed by atoms with van der Waals surface area (Å²) >= 11 is 3.41. The normalized spacial score (nSPS) is 10.3. The van der Waals surface area contributed by atoms with Gasteiger partial charge in [-0.3, -0.25) is 0 Å². The van der Waals surface area contributed by atoms with Crippen LogP contribution in [0.5, 0.6) is 0 Å². The van der Waals surface area contributed by atoms with E-state index in [1.807, 2.05) is 31.2 Å². The van der Waals surface area contributed by atoms with Gasteiger partial charge in [0.15, 0.2) is 0 Å². The highest BCUT2D eigenvalue weighted by atomic mass is 79.9. The molecule has 2 aromatic rings. The van der Waals surface area contributed by atoms with Crippen molar-refractivity contribution in [3.05, 3.63) is 46.6 Å². The van der Waals surface area contributed by atoms with Crippen LogP contribution in [0.2, 0.25) is 0 Å². The first kappa shape index (κ1) is 10.2. The maximum Gasteiger partial charge on any atom is 0.123 e. The van der Waals surface area contributed by atoms with Gasteiger partial charge < -0.3 is 5.73 Å². The fourth-order valence-corrected chi connectivity index (χ4v) is 1.78. The van der Waals surface area contributed by atoms with Crippen LogP contribution in [-0.2, 0) is 0 Å². The third kappa shape index (κ3) is 2.18. The number of nitrogen functional groups attached to an aromatic ring is 1. The number of aryl methyl sites for hydroxylation is 1. The van der Waals surface area contributed by atoms with Crippen LogP contribution in [-0.4, -0.2) is 4.98 Å². The molecule has 1 aromatic carbocycles. The van der Waals surface area contributed by atoms with E-state index in [-0.39, 0.29) is 0 Å². The van der Waals surface area contributed by atoms with Crippen LogP contribution in [0, 0.1) is 6.92 Å². The SMILES string of the molecule is Cc1nc(N)ccc1-c1ccc(Br)cc1. The van der Waals surface area contributed by atoms with E-state index in [0.717, 1.165) is 21.3 Å². The Kier molecular flexibility index (Phi) is 2.73. The minimum Gasteiger partial charge on any atom is -0.384 e. The van der Waals surface area contributed by atoms with Crippen LogP contribution in [0.15, 0.2) is 40.9 Å². The quantitative estimate of drug-likeness (QED) is 0.856. The molecule has 2 N–H and O–H groups in total. The molecule has 0 aliphatic rings. The zero-order valence-corrected chi connectivity index (χ0v) is 9.95. The van der Waals surface area contributed by atoms with E-state index in [9.17, 15) is 0 Å². The third-order valence-electron chi connectivity index (χ3n) is 2.26. The van der Waals surface area contributed by atoms with E-state index >= 15 is 0 Å². The summed E-state index contributed by atoms with van der Waals surface area (Å²) in [6.07, 6.45) is 0. The highest BCUT2D eigenvalue weighted by molar-refractivity contribution is 9.10. The van der Waals surface area contributed by atoms with Gasteiger partial charge in [0.2, 0.25) is 0 Å². The van der Waals surface area contributed by atoms with Gasteiger partial charge in [-0.2, -0.15) is 0 Å².